The number of carbonyl (C=O) groups is 1. The zero-order valence-electron chi connectivity index (χ0n) is 20.8. The Bertz CT molecular complexity index is 1310. The molecule has 0 bridgehead atoms. The SMILES string of the molecule is CCn1cc(C(=O)Nc2ccc(C)c(C3=CN(C)C(O)C(N4CCOCC4)=C3)c2)cc(C(F)(F)F)c1=O. The van der Waals surface area contributed by atoms with E-state index in [0.717, 1.165) is 33.2 Å². The predicted molar refractivity (Wildman–Crippen MR) is 133 cm³/mol. The molecule has 1 unspecified atom stereocenters. The highest BCUT2D eigenvalue weighted by molar-refractivity contribution is 6.04. The van der Waals surface area contributed by atoms with Crippen molar-refractivity contribution in [3.05, 3.63) is 81.0 Å². The number of likely N-dealkylation sites (N-methyl/N-ethyl adjacent to an activating group) is 1. The summed E-state index contributed by atoms with van der Waals surface area (Å²) in [6.45, 7) is 5.85. The topological polar surface area (TPSA) is 87.0 Å². The van der Waals surface area contributed by atoms with Crippen molar-refractivity contribution in [3.63, 3.8) is 0 Å². The highest BCUT2D eigenvalue weighted by Crippen LogP contribution is 2.31. The fourth-order valence-electron chi connectivity index (χ4n) is 4.41. The average Bonchev–Trinajstić information content (AvgIpc) is 2.86. The van der Waals surface area contributed by atoms with Crippen molar-refractivity contribution >= 4 is 17.2 Å². The summed E-state index contributed by atoms with van der Waals surface area (Å²) in [4.78, 5) is 28.8. The smallest absolute Gasteiger partial charge is 0.378 e. The van der Waals surface area contributed by atoms with E-state index in [2.05, 4.69) is 10.2 Å². The van der Waals surface area contributed by atoms with Crippen LogP contribution in [0.5, 0.6) is 0 Å². The van der Waals surface area contributed by atoms with Gasteiger partial charge in [0.05, 0.1) is 24.5 Å². The fraction of sp³-hybridized carbons (Fsp3) is 0.385. The molecule has 3 heterocycles. The first-order valence-electron chi connectivity index (χ1n) is 11.9. The first kappa shape index (κ1) is 26.5. The molecule has 1 aromatic heterocycles. The van der Waals surface area contributed by atoms with Gasteiger partial charge in [0.1, 0.15) is 5.56 Å². The molecule has 2 aliphatic rings. The minimum atomic E-state index is -4.88. The number of hydrogen-bond acceptors (Lipinski definition) is 6. The van der Waals surface area contributed by atoms with Crippen LogP contribution >= 0.6 is 0 Å². The largest absolute Gasteiger partial charge is 0.421 e. The van der Waals surface area contributed by atoms with Crippen LogP contribution in [-0.2, 0) is 17.5 Å². The number of nitrogens with one attached hydrogen (secondary N) is 1. The monoisotopic (exact) mass is 518 g/mol. The van der Waals surface area contributed by atoms with E-state index in [-0.39, 0.29) is 12.1 Å². The van der Waals surface area contributed by atoms with Crippen LogP contribution in [0.25, 0.3) is 5.57 Å². The van der Waals surface area contributed by atoms with Gasteiger partial charge in [0, 0.05) is 44.8 Å². The number of pyridine rings is 1. The number of anilines is 1. The first-order valence-corrected chi connectivity index (χ1v) is 11.9. The third kappa shape index (κ3) is 5.57. The van der Waals surface area contributed by atoms with E-state index < -0.39 is 29.4 Å². The van der Waals surface area contributed by atoms with Crippen LogP contribution < -0.4 is 10.9 Å². The molecule has 1 atom stereocenters. The van der Waals surface area contributed by atoms with Gasteiger partial charge in [0.15, 0.2) is 6.23 Å². The van der Waals surface area contributed by atoms with Gasteiger partial charge < -0.3 is 29.5 Å². The van der Waals surface area contributed by atoms with Gasteiger partial charge in [-0.15, -0.1) is 0 Å². The van der Waals surface area contributed by atoms with Crippen LogP contribution in [-0.4, -0.2) is 65.0 Å². The number of halogens is 3. The Hall–Kier alpha value is -3.57. The number of aryl methyl sites for hydroxylation is 2. The number of carbonyl (C=O) groups excluding carboxylic acids is 1. The van der Waals surface area contributed by atoms with Gasteiger partial charge in [-0.1, -0.05) is 6.07 Å². The number of amides is 1. The third-order valence-electron chi connectivity index (χ3n) is 6.47. The molecule has 0 saturated carbocycles. The maximum absolute atomic E-state index is 13.4. The molecule has 2 aromatic rings. The number of rotatable bonds is 5. The van der Waals surface area contributed by atoms with Crippen molar-refractivity contribution < 1.29 is 27.8 Å². The minimum Gasteiger partial charge on any atom is -0.378 e. The number of aliphatic hydroxyl groups is 1. The molecule has 1 saturated heterocycles. The Morgan fingerprint density at radius 3 is 2.57 bits per heavy atom. The summed E-state index contributed by atoms with van der Waals surface area (Å²) in [7, 11) is 1.76. The number of aliphatic hydroxyl groups excluding tert-OH is 1. The number of morpholine rings is 1. The average molecular weight is 519 g/mol. The van der Waals surface area contributed by atoms with Crippen molar-refractivity contribution in [1.82, 2.24) is 14.4 Å². The molecule has 1 amide bonds. The third-order valence-corrected chi connectivity index (χ3v) is 6.47. The van der Waals surface area contributed by atoms with Crippen molar-refractivity contribution in [3.8, 4) is 0 Å². The Morgan fingerprint density at radius 1 is 1.22 bits per heavy atom. The van der Waals surface area contributed by atoms with Gasteiger partial charge in [0.2, 0.25) is 0 Å². The number of allylic oxidation sites excluding steroid dienone is 2. The van der Waals surface area contributed by atoms with E-state index in [4.69, 9.17) is 4.74 Å². The zero-order chi connectivity index (χ0) is 26.9. The van der Waals surface area contributed by atoms with Crippen LogP contribution in [0.15, 0.2) is 53.2 Å². The summed E-state index contributed by atoms with van der Waals surface area (Å²) < 4.78 is 46.4. The molecule has 8 nitrogen and oxygen atoms in total. The second-order valence-corrected chi connectivity index (χ2v) is 9.01. The zero-order valence-corrected chi connectivity index (χ0v) is 20.8. The van der Waals surface area contributed by atoms with Crippen LogP contribution in [0, 0.1) is 6.92 Å². The van der Waals surface area contributed by atoms with Gasteiger partial charge in [-0.05, 0) is 54.8 Å². The summed E-state index contributed by atoms with van der Waals surface area (Å²) >= 11 is 0. The van der Waals surface area contributed by atoms with Crippen molar-refractivity contribution in [2.45, 2.75) is 32.8 Å². The summed E-state index contributed by atoms with van der Waals surface area (Å²) in [5, 5.41) is 13.4. The maximum Gasteiger partial charge on any atom is 0.421 e. The molecule has 0 radical (unpaired) electrons. The number of ether oxygens (including phenoxy) is 1. The lowest BCUT2D eigenvalue weighted by Crippen LogP contribution is -2.44. The number of alkyl halides is 3. The van der Waals surface area contributed by atoms with Gasteiger partial charge >= 0.3 is 6.18 Å². The number of aromatic nitrogens is 1. The standard InChI is InChI=1S/C26H29F3N4O4/c1-4-32-15-18(11-21(24(32)35)26(27,28)29)23(34)30-19-6-5-16(2)20(13-19)17-12-22(25(36)31(3)14-17)33-7-9-37-10-8-33/h5-6,11-15,25,36H,4,7-10H2,1-3H3,(H,30,34). The van der Waals surface area contributed by atoms with Gasteiger partial charge in [-0.3, -0.25) is 9.59 Å². The number of benzene rings is 1. The van der Waals surface area contributed by atoms with E-state index in [1.54, 1.807) is 36.3 Å². The Balaban J connectivity index is 1.65. The van der Waals surface area contributed by atoms with Gasteiger partial charge in [-0.25, -0.2) is 0 Å². The fourth-order valence-corrected chi connectivity index (χ4v) is 4.41. The van der Waals surface area contributed by atoms with E-state index in [9.17, 15) is 27.9 Å². The van der Waals surface area contributed by atoms with Crippen molar-refractivity contribution in [2.75, 3.05) is 38.7 Å². The van der Waals surface area contributed by atoms with Crippen LogP contribution in [0.1, 0.15) is 34.0 Å². The number of hydrogen-bond donors (Lipinski definition) is 2. The Labute approximate surface area is 212 Å². The summed E-state index contributed by atoms with van der Waals surface area (Å²) in [6, 6.07) is 5.77. The quantitative estimate of drug-likeness (QED) is 0.632. The van der Waals surface area contributed by atoms with Gasteiger partial charge in [0.25, 0.3) is 11.5 Å². The molecular formula is C26H29F3N4O4. The van der Waals surface area contributed by atoms with Crippen molar-refractivity contribution in [1.29, 1.82) is 0 Å². The molecular weight excluding hydrogens is 489 g/mol. The van der Waals surface area contributed by atoms with E-state index >= 15 is 0 Å². The van der Waals surface area contributed by atoms with E-state index in [1.807, 2.05) is 13.0 Å². The molecule has 1 aromatic carbocycles. The maximum atomic E-state index is 13.4. The molecule has 2 N–H and O–H groups in total. The Kier molecular flexibility index (Phi) is 7.47. The molecule has 4 rings (SSSR count). The van der Waals surface area contributed by atoms with Crippen LogP contribution in [0.2, 0.25) is 0 Å². The normalized spacial score (nSPS) is 18.4. The summed E-state index contributed by atoms with van der Waals surface area (Å²) in [5.41, 5.74) is 0.765. The molecule has 11 heteroatoms. The second-order valence-electron chi connectivity index (χ2n) is 9.01. The number of nitrogens with zero attached hydrogens (tertiary/aromatic N) is 3. The van der Waals surface area contributed by atoms with E-state index in [0.29, 0.717) is 38.1 Å². The summed E-state index contributed by atoms with van der Waals surface area (Å²) in [6.07, 6.45) is -0.872. The highest BCUT2D eigenvalue weighted by atomic mass is 19.4. The van der Waals surface area contributed by atoms with Crippen molar-refractivity contribution in [2.24, 2.45) is 0 Å². The second kappa shape index (κ2) is 10.4. The predicted octanol–water partition coefficient (Wildman–Crippen LogP) is 3.27. The lowest BCUT2D eigenvalue weighted by atomic mass is 9.97. The first-order chi connectivity index (χ1) is 17.5. The minimum absolute atomic E-state index is 0.0109. The molecule has 198 valence electrons. The lowest BCUT2D eigenvalue weighted by molar-refractivity contribution is -0.139. The Morgan fingerprint density at radius 2 is 1.92 bits per heavy atom. The molecule has 37 heavy (non-hydrogen) atoms. The molecule has 0 aliphatic carbocycles. The van der Waals surface area contributed by atoms with Crippen LogP contribution in [0.3, 0.4) is 0 Å². The van der Waals surface area contributed by atoms with E-state index in [1.165, 1.54) is 6.92 Å². The highest BCUT2D eigenvalue weighted by Gasteiger charge is 2.35. The molecule has 1 fully saturated rings. The molecule has 0 spiro atoms. The van der Waals surface area contributed by atoms with Crippen LogP contribution in [0.4, 0.5) is 18.9 Å². The van der Waals surface area contributed by atoms with Gasteiger partial charge in [-0.2, -0.15) is 13.2 Å². The summed E-state index contributed by atoms with van der Waals surface area (Å²) in [5.74, 6) is -0.766. The lowest BCUT2D eigenvalue weighted by Gasteiger charge is -2.38. The molecule has 2 aliphatic heterocycles.